The van der Waals surface area contributed by atoms with Gasteiger partial charge in [-0.25, -0.2) is 0 Å². The average molecular weight is 1620 g/mol. The van der Waals surface area contributed by atoms with E-state index < -0.39 is 21.4 Å². The van der Waals surface area contributed by atoms with Gasteiger partial charge < -0.3 is 27.4 Å². The van der Waals surface area contributed by atoms with Crippen molar-refractivity contribution in [1.29, 1.82) is 0 Å². The summed E-state index contributed by atoms with van der Waals surface area (Å²) in [6.07, 6.45) is 0. The van der Waals surface area contributed by atoms with Crippen molar-refractivity contribution < 1.29 is 13.7 Å². The van der Waals surface area contributed by atoms with Crippen LogP contribution >= 0.6 is 21.4 Å². The molecule has 27 rings (SSSR count). The van der Waals surface area contributed by atoms with Crippen LogP contribution < -0.4 is 47.7 Å². The van der Waals surface area contributed by atoms with E-state index in [1.807, 2.05) is 109 Å². The summed E-state index contributed by atoms with van der Waals surface area (Å²) in [4.78, 5) is 0. The molecule has 3 atom stereocenters. The van der Waals surface area contributed by atoms with Gasteiger partial charge in [0.15, 0.2) is 21.4 Å². The lowest BCUT2D eigenvalue weighted by molar-refractivity contribution is 0.592. The lowest BCUT2D eigenvalue weighted by atomic mass is 10.00. The molecule has 21 aromatic carbocycles. The van der Waals surface area contributed by atoms with Crippen LogP contribution in [-0.2, 0) is 13.7 Å². The van der Waals surface area contributed by atoms with E-state index >= 15 is 13.7 Å². The lowest BCUT2D eigenvalue weighted by Crippen LogP contribution is -2.21. The van der Waals surface area contributed by atoms with Crippen LogP contribution in [0.25, 0.3) is 180 Å². The molecule has 0 bridgehead atoms. The molecule has 3 unspecified atom stereocenters. The molecule has 3 aliphatic heterocycles. The van der Waals surface area contributed by atoms with Crippen molar-refractivity contribution in [3.8, 4) is 50.4 Å². The Morgan fingerprint density at radius 3 is 0.943 bits per heavy atom. The minimum Gasteiger partial charge on any atom is -0.309 e. The van der Waals surface area contributed by atoms with Crippen molar-refractivity contribution in [2.24, 2.45) is 0 Å². The van der Waals surface area contributed by atoms with Crippen LogP contribution in [0.2, 0.25) is 0 Å². The molecule has 0 saturated heterocycles. The third-order valence-corrected chi connectivity index (χ3v) is 35.9. The summed E-state index contributed by atoms with van der Waals surface area (Å²) < 4.78 is 53.9. The number of aromatic nitrogens is 3. The molecule has 6 nitrogen and oxygen atoms in total. The van der Waals surface area contributed by atoms with Gasteiger partial charge in [0.1, 0.15) is 0 Å². The molecule has 576 valence electrons. The fourth-order valence-corrected chi connectivity index (χ4v) is 31.0. The van der Waals surface area contributed by atoms with Gasteiger partial charge in [0.2, 0.25) is 0 Å². The summed E-state index contributed by atoms with van der Waals surface area (Å²) in [5, 5.41) is 29.7. The Morgan fingerprint density at radius 1 is 0.171 bits per heavy atom. The summed E-state index contributed by atoms with van der Waals surface area (Å²) in [7, 11) is -9.37. The summed E-state index contributed by atoms with van der Waals surface area (Å²) >= 11 is 0. The number of hydrogen-bond donors (Lipinski definition) is 0. The molecular formula is C114H72N3O3P3. The number of hydrogen-bond acceptors (Lipinski definition) is 3. The average Bonchev–Trinajstić information content (AvgIpc) is 1.53. The topological polar surface area (TPSA) is 66.0 Å². The first kappa shape index (κ1) is 71.2. The maximum absolute atomic E-state index is 15.6. The fraction of sp³-hybridized carbons (Fsp3) is 0. The molecule has 0 spiro atoms. The Balaban J connectivity index is 0.000000101. The second-order valence-electron chi connectivity index (χ2n) is 32.5. The first-order valence-electron chi connectivity index (χ1n) is 41.9. The second-order valence-corrected chi connectivity index (χ2v) is 40.5. The highest BCUT2D eigenvalue weighted by Gasteiger charge is 2.46. The third-order valence-electron chi connectivity index (χ3n) is 26.3. The molecule has 6 heterocycles. The number of benzene rings is 21. The van der Waals surface area contributed by atoms with Crippen molar-refractivity contribution in [2.75, 3.05) is 0 Å². The summed E-state index contributed by atoms with van der Waals surface area (Å²) in [5.74, 6) is 0. The van der Waals surface area contributed by atoms with Gasteiger partial charge in [-0.1, -0.05) is 376 Å². The normalized spacial score (nSPS) is 16.0. The molecule has 0 aliphatic carbocycles. The van der Waals surface area contributed by atoms with Gasteiger partial charge in [0, 0.05) is 96.5 Å². The van der Waals surface area contributed by atoms with Crippen LogP contribution in [0.3, 0.4) is 0 Å². The SMILES string of the molecule is O=P1(c2ccccc2)c2ccccc2-c2ccc3c(c21)c1ccccc1n3-c1cc2ccccc2c2ccccc12.O=P1(c2ccccc2)c2ccccc2-c2ccc3c(c21)c1ccccc1n3-c1ccc2c(ccc3ccccc32)c1.O=P1(c2ccccc2)c2ccccc2-c2ccc3c(c21)c1ccccc1n3-c1cccc2c1ccc1ccccc12. The first-order chi connectivity index (χ1) is 60.7. The number of para-hydroxylation sites is 3. The quantitative estimate of drug-likeness (QED) is 0.123. The van der Waals surface area contributed by atoms with E-state index in [4.69, 9.17) is 0 Å². The highest BCUT2D eigenvalue weighted by atomic mass is 31.2. The van der Waals surface area contributed by atoms with Gasteiger partial charge in [0.05, 0.1) is 44.5 Å². The number of fused-ring (bicyclic) bond motifs is 30. The summed E-state index contributed by atoms with van der Waals surface area (Å²) in [5.41, 5.74) is 16.4. The Morgan fingerprint density at radius 2 is 0.472 bits per heavy atom. The van der Waals surface area contributed by atoms with Gasteiger partial charge in [-0.3, -0.25) is 0 Å². The predicted molar refractivity (Wildman–Crippen MR) is 523 cm³/mol. The molecule has 0 N–H and O–H groups in total. The molecule has 123 heavy (non-hydrogen) atoms. The van der Waals surface area contributed by atoms with E-state index in [0.717, 1.165) is 164 Å². The Bertz CT molecular complexity index is 8800. The Kier molecular flexibility index (Phi) is 15.9. The van der Waals surface area contributed by atoms with Crippen molar-refractivity contribution in [3.05, 3.63) is 437 Å². The predicted octanol–water partition coefficient (Wildman–Crippen LogP) is 26.1. The highest BCUT2D eigenvalue weighted by molar-refractivity contribution is 7.88. The molecule has 0 saturated carbocycles. The van der Waals surface area contributed by atoms with E-state index in [1.165, 1.54) is 64.6 Å². The molecule has 24 aromatic rings. The van der Waals surface area contributed by atoms with Crippen LogP contribution in [0, 0.1) is 0 Å². The van der Waals surface area contributed by atoms with E-state index in [-0.39, 0.29) is 0 Å². The monoisotopic (exact) mass is 1620 g/mol. The van der Waals surface area contributed by atoms with Crippen molar-refractivity contribution >= 4 is 199 Å². The van der Waals surface area contributed by atoms with Gasteiger partial charge >= 0.3 is 0 Å². The van der Waals surface area contributed by atoms with Gasteiger partial charge in [-0.2, -0.15) is 0 Å². The maximum atomic E-state index is 15.6. The largest absolute Gasteiger partial charge is 0.309 e. The Hall–Kier alpha value is -14.7. The van der Waals surface area contributed by atoms with E-state index in [9.17, 15) is 0 Å². The maximum Gasteiger partial charge on any atom is 0.172 e. The van der Waals surface area contributed by atoms with Crippen LogP contribution in [0.15, 0.2) is 437 Å². The zero-order valence-corrected chi connectivity index (χ0v) is 69.2. The standard InChI is InChI=1S/3C38H24NOP/c40-41(26-12-2-1-3-13-26)36-20-9-7-15-30(36)31-23-24-35-37(38(31)41)32-16-6-8-18-34(32)39(35)33-19-10-17-28-27-14-5-4-11-25(27)21-22-29(28)33;40-41(28-11-2-1-3-12-28)36-17-9-7-14-31(36)32-22-23-35-37(38(32)41)33-15-6-8-16-34(33)39(35)27-20-21-30-26(24-27)19-18-25-10-4-5-13-29(25)30;40-41(26-13-2-1-3-14-26)36-21-11-9-18-30(36)31-22-23-34-37(38(31)41)32-19-8-10-20-33(32)39(34)35-24-25-12-4-5-15-27(25)28-16-6-7-17-29(28)35/h3*1-24H. The van der Waals surface area contributed by atoms with Crippen LogP contribution in [-0.4, -0.2) is 13.7 Å². The van der Waals surface area contributed by atoms with Crippen LogP contribution in [0.4, 0.5) is 0 Å². The van der Waals surface area contributed by atoms with E-state index in [0.29, 0.717) is 0 Å². The zero-order valence-electron chi connectivity index (χ0n) is 66.5. The Labute approximate surface area is 708 Å². The van der Waals surface area contributed by atoms with Crippen molar-refractivity contribution in [1.82, 2.24) is 13.7 Å². The fourth-order valence-electron chi connectivity index (χ4n) is 21.1. The van der Waals surface area contributed by atoms with Gasteiger partial charge in [0.25, 0.3) is 0 Å². The molecule has 9 heteroatoms. The molecule has 0 fully saturated rings. The molecule has 3 aliphatic rings. The van der Waals surface area contributed by atoms with Crippen molar-refractivity contribution in [2.45, 2.75) is 0 Å². The van der Waals surface area contributed by atoms with Crippen LogP contribution in [0.5, 0.6) is 0 Å². The van der Waals surface area contributed by atoms with E-state index in [1.54, 1.807) is 0 Å². The zero-order chi connectivity index (χ0) is 81.4. The van der Waals surface area contributed by atoms with Crippen molar-refractivity contribution in [3.63, 3.8) is 0 Å². The molecule has 3 aromatic heterocycles. The lowest BCUT2D eigenvalue weighted by Gasteiger charge is -2.17. The minimum absolute atomic E-state index is 0.881. The van der Waals surface area contributed by atoms with Crippen LogP contribution in [0.1, 0.15) is 0 Å². The molecular weight excluding hydrogens is 1550 g/mol. The molecule has 0 radical (unpaired) electrons. The third kappa shape index (κ3) is 10.2. The smallest absolute Gasteiger partial charge is 0.172 e. The number of rotatable bonds is 6. The van der Waals surface area contributed by atoms with Gasteiger partial charge in [-0.15, -0.1) is 0 Å². The first-order valence-corrected chi connectivity index (χ1v) is 47.1. The second kappa shape index (κ2) is 27.4. The highest BCUT2D eigenvalue weighted by Crippen LogP contribution is 2.59. The summed E-state index contributed by atoms with van der Waals surface area (Å²) in [6.45, 7) is 0. The molecule has 0 amide bonds. The van der Waals surface area contributed by atoms with E-state index in [2.05, 4.69) is 341 Å². The summed E-state index contributed by atoms with van der Waals surface area (Å²) in [6, 6.07) is 153. The van der Waals surface area contributed by atoms with Gasteiger partial charge in [-0.05, 0) is 148 Å². The minimum atomic E-state index is -3.13. The number of nitrogens with zero attached hydrogens (tertiary/aromatic N) is 3.